The zero-order chi connectivity index (χ0) is 21.1. The fourth-order valence-electron chi connectivity index (χ4n) is 3.37. The number of thioether (sulfide) groups is 1. The van der Waals surface area contributed by atoms with Crippen molar-refractivity contribution in [3.05, 3.63) is 52.9 Å². The van der Waals surface area contributed by atoms with E-state index < -0.39 is 29.4 Å². The Morgan fingerprint density at radius 3 is 2.67 bits per heavy atom. The molecular formula is C21H20FN3O4S. The molecule has 0 atom stereocenters. The Bertz CT molecular complexity index is 1010. The number of hydrogen-bond acceptors (Lipinski definition) is 6. The number of carbonyl (C=O) groups excluding carboxylic acids is 3. The van der Waals surface area contributed by atoms with Gasteiger partial charge in [0.05, 0.1) is 10.6 Å². The van der Waals surface area contributed by atoms with Crippen LogP contribution in [0.3, 0.4) is 0 Å². The predicted molar refractivity (Wildman–Crippen MR) is 112 cm³/mol. The number of carbonyl (C=O) groups is 3. The summed E-state index contributed by atoms with van der Waals surface area (Å²) in [6, 6.07) is 9.28. The monoisotopic (exact) mass is 429 g/mol. The molecule has 0 unspecified atom stereocenters. The van der Waals surface area contributed by atoms with Crippen LogP contribution in [-0.2, 0) is 9.59 Å². The lowest BCUT2D eigenvalue weighted by Gasteiger charge is -2.25. The van der Waals surface area contributed by atoms with Crippen molar-refractivity contribution < 1.29 is 23.2 Å². The van der Waals surface area contributed by atoms with Crippen molar-refractivity contribution in [1.29, 1.82) is 0 Å². The molecule has 3 heterocycles. The number of benzene rings is 1. The molecule has 4 rings (SSSR count). The number of amides is 3. The van der Waals surface area contributed by atoms with Gasteiger partial charge in [0.2, 0.25) is 5.91 Å². The van der Waals surface area contributed by atoms with Crippen LogP contribution in [0, 0.1) is 5.82 Å². The molecular weight excluding hydrogens is 409 g/mol. The van der Waals surface area contributed by atoms with Crippen LogP contribution in [0.25, 0.3) is 6.08 Å². The van der Waals surface area contributed by atoms with Crippen LogP contribution in [0.5, 0.6) is 0 Å². The van der Waals surface area contributed by atoms with Crippen molar-refractivity contribution in [2.75, 3.05) is 29.9 Å². The SMILES string of the molecule is O=C(CN1C(=O)S/C(=C/c2ccc(N3CCCCC3)o2)C1=O)Nc1ccccc1F. The summed E-state index contributed by atoms with van der Waals surface area (Å²) in [5.41, 5.74) is -0.00848. The van der Waals surface area contributed by atoms with Gasteiger partial charge in [0, 0.05) is 25.2 Å². The third kappa shape index (κ3) is 4.40. The van der Waals surface area contributed by atoms with E-state index in [9.17, 15) is 18.8 Å². The Balaban J connectivity index is 1.41. The highest BCUT2D eigenvalue weighted by Gasteiger charge is 2.36. The van der Waals surface area contributed by atoms with E-state index in [4.69, 9.17) is 4.42 Å². The second-order valence-corrected chi connectivity index (χ2v) is 8.01. The van der Waals surface area contributed by atoms with Crippen molar-refractivity contribution >= 4 is 46.5 Å². The van der Waals surface area contributed by atoms with Crippen LogP contribution in [0.2, 0.25) is 0 Å². The molecule has 2 saturated heterocycles. The minimum atomic E-state index is -0.658. The Hall–Kier alpha value is -3.07. The van der Waals surface area contributed by atoms with E-state index in [0.717, 1.165) is 48.5 Å². The molecule has 0 saturated carbocycles. The average Bonchev–Trinajstić information content (AvgIpc) is 3.31. The van der Waals surface area contributed by atoms with Gasteiger partial charge in [-0.25, -0.2) is 4.39 Å². The number of hydrogen-bond donors (Lipinski definition) is 1. The number of furan rings is 1. The van der Waals surface area contributed by atoms with Crippen molar-refractivity contribution in [2.24, 2.45) is 0 Å². The Kier molecular flexibility index (Phi) is 5.89. The van der Waals surface area contributed by atoms with Crippen LogP contribution in [-0.4, -0.2) is 41.6 Å². The van der Waals surface area contributed by atoms with Gasteiger partial charge in [-0.05, 0) is 49.2 Å². The third-order valence-electron chi connectivity index (χ3n) is 4.88. The summed E-state index contributed by atoms with van der Waals surface area (Å²) in [5.74, 6) is -0.623. The summed E-state index contributed by atoms with van der Waals surface area (Å²) in [7, 11) is 0. The summed E-state index contributed by atoms with van der Waals surface area (Å²) < 4.78 is 19.5. The average molecular weight is 429 g/mol. The second-order valence-electron chi connectivity index (χ2n) is 7.02. The summed E-state index contributed by atoms with van der Waals surface area (Å²) in [4.78, 5) is 40.2. The first-order valence-corrected chi connectivity index (χ1v) is 10.5. The van der Waals surface area contributed by atoms with Crippen molar-refractivity contribution in [3.63, 3.8) is 0 Å². The van der Waals surface area contributed by atoms with Gasteiger partial charge in [-0.3, -0.25) is 19.3 Å². The number of imide groups is 1. The van der Waals surface area contributed by atoms with Crippen molar-refractivity contribution in [3.8, 4) is 0 Å². The summed E-state index contributed by atoms with van der Waals surface area (Å²) in [5, 5.41) is 1.81. The lowest BCUT2D eigenvalue weighted by molar-refractivity contribution is -0.127. The Labute approximate surface area is 176 Å². The summed E-state index contributed by atoms with van der Waals surface area (Å²) in [6.45, 7) is 1.37. The van der Waals surface area contributed by atoms with Gasteiger partial charge in [-0.1, -0.05) is 12.1 Å². The van der Waals surface area contributed by atoms with Crippen LogP contribution in [0.1, 0.15) is 25.0 Å². The van der Waals surface area contributed by atoms with E-state index in [1.54, 1.807) is 12.1 Å². The van der Waals surface area contributed by atoms with E-state index in [0.29, 0.717) is 5.76 Å². The van der Waals surface area contributed by atoms with Gasteiger partial charge >= 0.3 is 0 Å². The molecule has 0 aliphatic carbocycles. The fourth-order valence-corrected chi connectivity index (χ4v) is 4.18. The van der Waals surface area contributed by atoms with Gasteiger partial charge in [0.25, 0.3) is 11.1 Å². The Morgan fingerprint density at radius 2 is 1.90 bits per heavy atom. The van der Waals surface area contributed by atoms with Gasteiger partial charge in [0.1, 0.15) is 18.1 Å². The lowest BCUT2D eigenvalue weighted by Crippen LogP contribution is -2.36. The molecule has 1 aromatic heterocycles. The lowest BCUT2D eigenvalue weighted by atomic mass is 10.1. The van der Waals surface area contributed by atoms with Crippen molar-refractivity contribution in [1.82, 2.24) is 4.90 Å². The number of anilines is 2. The zero-order valence-corrected chi connectivity index (χ0v) is 16.9. The highest BCUT2D eigenvalue weighted by Crippen LogP contribution is 2.33. The first-order valence-electron chi connectivity index (χ1n) is 9.66. The van der Waals surface area contributed by atoms with Crippen LogP contribution < -0.4 is 10.2 Å². The van der Waals surface area contributed by atoms with E-state index in [1.807, 2.05) is 6.07 Å². The number of piperidine rings is 1. The normalized spacial score (nSPS) is 18.4. The highest BCUT2D eigenvalue weighted by atomic mass is 32.2. The molecule has 7 nitrogen and oxygen atoms in total. The van der Waals surface area contributed by atoms with Gasteiger partial charge in [-0.15, -0.1) is 0 Å². The summed E-state index contributed by atoms with van der Waals surface area (Å²) >= 11 is 0.744. The quantitative estimate of drug-likeness (QED) is 0.721. The fraction of sp³-hybridized carbons (Fsp3) is 0.286. The van der Waals surface area contributed by atoms with E-state index in [-0.39, 0.29) is 10.6 Å². The molecule has 1 N–H and O–H groups in total. The van der Waals surface area contributed by atoms with E-state index in [1.165, 1.54) is 30.7 Å². The molecule has 1 aromatic carbocycles. The Morgan fingerprint density at radius 1 is 1.13 bits per heavy atom. The van der Waals surface area contributed by atoms with Crippen LogP contribution >= 0.6 is 11.8 Å². The molecule has 0 bridgehead atoms. The molecule has 156 valence electrons. The standard InChI is InChI=1S/C21H20FN3O4S/c22-15-6-2-3-7-16(15)23-18(26)13-25-20(27)17(30-21(25)28)12-14-8-9-19(29-14)24-10-4-1-5-11-24/h2-3,6-9,12H,1,4-5,10-11,13H2,(H,23,26)/b17-12+. The maximum atomic E-state index is 13.7. The molecule has 0 radical (unpaired) electrons. The first kappa shape index (κ1) is 20.2. The predicted octanol–water partition coefficient (Wildman–Crippen LogP) is 4.08. The summed E-state index contributed by atoms with van der Waals surface area (Å²) in [6.07, 6.45) is 4.95. The van der Waals surface area contributed by atoms with Crippen LogP contribution in [0.4, 0.5) is 20.8 Å². The van der Waals surface area contributed by atoms with E-state index in [2.05, 4.69) is 10.2 Å². The zero-order valence-electron chi connectivity index (χ0n) is 16.1. The molecule has 9 heteroatoms. The molecule has 30 heavy (non-hydrogen) atoms. The largest absolute Gasteiger partial charge is 0.441 e. The van der Waals surface area contributed by atoms with E-state index >= 15 is 0 Å². The molecule has 2 fully saturated rings. The number of para-hydroxylation sites is 1. The molecule has 3 amide bonds. The number of rotatable bonds is 5. The van der Waals surface area contributed by atoms with Gasteiger partial charge in [-0.2, -0.15) is 0 Å². The minimum Gasteiger partial charge on any atom is -0.441 e. The molecule has 2 aliphatic heterocycles. The van der Waals surface area contributed by atoms with Crippen LogP contribution in [0.15, 0.2) is 45.7 Å². The molecule has 0 spiro atoms. The smallest absolute Gasteiger partial charge is 0.294 e. The molecule has 2 aliphatic rings. The maximum Gasteiger partial charge on any atom is 0.294 e. The second kappa shape index (κ2) is 8.74. The number of nitrogens with zero attached hydrogens (tertiary/aromatic N) is 2. The number of nitrogens with one attached hydrogen (secondary N) is 1. The first-order chi connectivity index (χ1) is 14.5. The number of halogens is 1. The minimum absolute atomic E-state index is 0.00848. The molecule has 2 aromatic rings. The maximum absolute atomic E-state index is 13.7. The third-order valence-corrected chi connectivity index (χ3v) is 5.78. The highest BCUT2D eigenvalue weighted by molar-refractivity contribution is 8.18. The van der Waals surface area contributed by atoms with Gasteiger partial charge in [0.15, 0.2) is 5.88 Å². The van der Waals surface area contributed by atoms with Gasteiger partial charge < -0.3 is 14.6 Å². The topological polar surface area (TPSA) is 82.9 Å². The van der Waals surface area contributed by atoms with Crippen molar-refractivity contribution in [2.45, 2.75) is 19.3 Å².